The third kappa shape index (κ3) is 3.79. The highest BCUT2D eigenvalue weighted by atomic mass is 16.5. The van der Waals surface area contributed by atoms with Crippen molar-refractivity contribution in [3.05, 3.63) is 77.9 Å². The maximum atomic E-state index is 12.6. The van der Waals surface area contributed by atoms with E-state index in [2.05, 4.69) is 10.3 Å². The molecule has 0 bridgehead atoms. The summed E-state index contributed by atoms with van der Waals surface area (Å²) in [5, 5.41) is 3.10. The number of aromatic nitrogens is 2. The van der Waals surface area contributed by atoms with Gasteiger partial charge in [0.05, 0.1) is 12.6 Å². The molecule has 6 heteroatoms. The van der Waals surface area contributed by atoms with E-state index in [1.165, 1.54) is 0 Å². The van der Waals surface area contributed by atoms with Crippen LogP contribution in [-0.2, 0) is 13.7 Å². The summed E-state index contributed by atoms with van der Waals surface area (Å²) in [4.78, 5) is 16.8. The minimum Gasteiger partial charge on any atom is -0.493 e. The number of amides is 1. The molecule has 1 aliphatic rings. The van der Waals surface area contributed by atoms with Crippen LogP contribution in [0.2, 0.25) is 0 Å². The molecule has 0 spiro atoms. The summed E-state index contributed by atoms with van der Waals surface area (Å²) in [6, 6.07) is 14.9. The first-order valence-corrected chi connectivity index (χ1v) is 8.92. The quantitative estimate of drug-likeness (QED) is 0.756. The van der Waals surface area contributed by atoms with Crippen molar-refractivity contribution >= 4 is 5.91 Å². The van der Waals surface area contributed by atoms with Gasteiger partial charge in [-0.3, -0.25) is 4.79 Å². The molecular weight excluding hydrogens is 342 g/mol. The SMILES string of the molecule is Cn1ccnc1COc1ccc(C(=O)N[C@H]2CCOc3ccccc32)cc1. The highest BCUT2D eigenvalue weighted by molar-refractivity contribution is 5.94. The number of carbonyl (C=O) groups excluding carboxylic acids is 1. The van der Waals surface area contributed by atoms with E-state index in [0.717, 1.165) is 23.6 Å². The zero-order chi connectivity index (χ0) is 18.6. The fourth-order valence-electron chi connectivity index (χ4n) is 3.12. The Morgan fingerprint density at radius 1 is 1.26 bits per heavy atom. The van der Waals surface area contributed by atoms with Gasteiger partial charge in [-0.25, -0.2) is 4.98 Å². The van der Waals surface area contributed by atoms with E-state index in [1.807, 2.05) is 42.1 Å². The number of ether oxygens (including phenoxy) is 2. The molecule has 0 saturated heterocycles. The minimum absolute atomic E-state index is 0.0400. The number of hydrogen-bond donors (Lipinski definition) is 1. The highest BCUT2D eigenvalue weighted by Gasteiger charge is 2.23. The van der Waals surface area contributed by atoms with Crippen LogP contribution in [0.1, 0.15) is 34.2 Å². The highest BCUT2D eigenvalue weighted by Crippen LogP contribution is 2.31. The Morgan fingerprint density at radius 2 is 2.07 bits per heavy atom. The minimum atomic E-state index is -0.104. The van der Waals surface area contributed by atoms with E-state index < -0.39 is 0 Å². The summed E-state index contributed by atoms with van der Waals surface area (Å²) in [6.45, 7) is 0.982. The third-order valence-electron chi connectivity index (χ3n) is 4.67. The predicted octanol–water partition coefficient (Wildman–Crippen LogP) is 3.25. The molecule has 0 unspecified atom stereocenters. The number of carbonyl (C=O) groups is 1. The lowest BCUT2D eigenvalue weighted by molar-refractivity contribution is 0.0924. The van der Waals surface area contributed by atoms with Gasteiger partial charge in [0.25, 0.3) is 5.91 Å². The maximum absolute atomic E-state index is 12.6. The van der Waals surface area contributed by atoms with Crippen molar-refractivity contribution in [2.45, 2.75) is 19.1 Å². The van der Waals surface area contributed by atoms with E-state index >= 15 is 0 Å². The van der Waals surface area contributed by atoms with Crippen LogP contribution in [0.3, 0.4) is 0 Å². The molecule has 27 heavy (non-hydrogen) atoms. The predicted molar refractivity (Wildman–Crippen MR) is 101 cm³/mol. The van der Waals surface area contributed by atoms with E-state index in [1.54, 1.807) is 30.5 Å². The van der Waals surface area contributed by atoms with Gasteiger partial charge in [-0.05, 0) is 30.3 Å². The summed E-state index contributed by atoms with van der Waals surface area (Å²) in [7, 11) is 1.92. The second-order valence-corrected chi connectivity index (χ2v) is 6.47. The van der Waals surface area contributed by atoms with Crippen LogP contribution in [0.5, 0.6) is 11.5 Å². The Morgan fingerprint density at radius 3 is 2.85 bits per heavy atom. The maximum Gasteiger partial charge on any atom is 0.251 e. The van der Waals surface area contributed by atoms with Crippen molar-refractivity contribution in [1.29, 1.82) is 0 Å². The van der Waals surface area contributed by atoms with Crippen molar-refractivity contribution in [2.24, 2.45) is 7.05 Å². The van der Waals surface area contributed by atoms with E-state index in [0.29, 0.717) is 24.5 Å². The van der Waals surface area contributed by atoms with Crippen LogP contribution in [0.4, 0.5) is 0 Å². The third-order valence-corrected chi connectivity index (χ3v) is 4.67. The van der Waals surface area contributed by atoms with Crippen molar-refractivity contribution in [2.75, 3.05) is 6.61 Å². The van der Waals surface area contributed by atoms with Gasteiger partial charge in [0.1, 0.15) is 23.9 Å². The van der Waals surface area contributed by atoms with Crippen molar-refractivity contribution in [3.63, 3.8) is 0 Å². The normalized spacial score (nSPS) is 15.5. The van der Waals surface area contributed by atoms with Crippen LogP contribution < -0.4 is 14.8 Å². The lowest BCUT2D eigenvalue weighted by Gasteiger charge is -2.26. The molecule has 1 amide bonds. The van der Waals surface area contributed by atoms with Crippen molar-refractivity contribution < 1.29 is 14.3 Å². The average molecular weight is 363 g/mol. The Balaban J connectivity index is 1.39. The Kier molecular flexibility index (Phi) is 4.78. The molecule has 6 nitrogen and oxygen atoms in total. The number of benzene rings is 2. The lowest BCUT2D eigenvalue weighted by Crippen LogP contribution is -2.32. The number of nitrogens with one attached hydrogen (secondary N) is 1. The molecule has 0 fully saturated rings. The van der Waals surface area contributed by atoms with Gasteiger partial charge < -0.3 is 19.4 Å². The molecule has 0 radical (unpaired) electrons. The Bertz CT molecular complexity index is 934. The number of fused-ring (bicyclic) bond motifs is 1. The van der Waals surface area contributed by atoms with Gasteiger partial charge in [-0.15, -0.1) is 0 Å². The van der Waals surface area contributed by atoms with Gasteiger partial charge >= 0.3 is 0 Å². The molecule has 3 aromatic rings. The Hall–Kier alpha value is -3.28. The average Bonchev–Trinajstić information content (AvgIpc) is 3.12. The van der Waals surface area contributed by atoms with E-state index in [9.17, 15) is 4.79 Å². The molecule has 1 aromatic heterocycles. The molecule has 138 valence electrons. The topological polar surface area (TPSA) is 65.4 Å². The van der Waals surface area contributed by atoms with Crippen LogP contribution in [-0.4, -0.2) is 22.1 Å². The largest absolute Gasteiger partial charge is 0.493 e. The zero-order valence-electron chi connectivity index (χ0n) is 15.1. The summed E-state index contributed by atoms with van der Waals surface area (Å²) in [5.74, 6) is 2.28. The molecule has 2 aromatic carbocycles. The monoisotopic (exact) mass is 363 g/mol. The fraction of sp³-hybridized carbons (Fsp3) is 0.238. The first kappa shape index (κ1) is 17.1. The number of hydrogen-bond acceptors (Lipinski definition) is 4. The zero-order valence-corrected chi connectivity index (χ0v) is 15.1. The van der Waals surface area contributed by atoms with Crippen molar-refractivity contribution in [1.82, 2.24) is 14.9 Å². The van der Waals surface area contributed by atoms with Gasteiger partial charge in [0, 0.05) is 37.0 Å². The van der Waals surface area contributed by atoms with Crippen LogP contribution in [0.15, 0.2) is 60.9 Å². The number of rotatable bonds is 5. The second-order valence-electron chi connectivity index (χ2n) is 6.47. The number of para-hydroxylation sites is 1. The van der Waals surface area contributed by atoms with Gasteiger partial charge in [0.2, 0.25) is 0 Å². The lowest BCUT2D eigenvalue weighted by atomic mass is 10.00. The number of nitrogens with zero attached hydrogens (tertiary/aromatic N) is 2. The van der Waals surface area contributed by atoms with Crippen LogP contribution in [0.25, 0.3) is 0 Å². The fourth-order valence-corrected chi connectivity index (χ4v) is 3.12. The standard InChI is InChI=1S/C21H21N3O3/c1-24-12-11-22-20(24)14-27-16-8-6-15(7-9-16)21(25)23-18-10-13-26-19-5-3-2-4-17(18)19/h2-9,11-12,18H,10,13-14H2,1H3,(H,23,25)/t18-/m0/s1. The number of aryl methyl sites for hydroxylation is 1. The molecule has 1 atom stereocenters. The summed E-state index contributed by atoms with van der Waals surface area (Å²) >= 11 is 0. The second kappa shape index (κ2) is 7.53. The molecular formula is C21H21N3O3. The smallest absolute Gasteiger partial charge is 0.251 e. The molecule has 0 aliphatic carbocycles. The molecule has 0 saturated carbocycles. The summed E-state index contributed by atoms with van der Waals surface area (Å²) in [6.07, 6.45) is 4.37. The summed E-state index contributed by atoms with van der Waals surface area (Å²) in [5.41, 5.74) is 1.62. The first-order valence-electron chi connectivity index (χ1n) is 8.92. The summed E-state index contributed by atoms with van der Waals surface area (Å²) < 4.78 is 13.3. The van der Waals surface area contributed by atoms with Gasteiger partial charge in [-0.1, -0.05) is 18.2 Å². The molecule has 1 N–H and O–H groups in total. The van der Waals surface area contributed by atoms with Crippen LogP contribution in [0, 0.1) is 0 Å². The Labute approximate surface area is 157 Å². The molecule has 2 heterocycles. The van der Waals surface area contributed by atoms with Gasteiger partial charge in [-0.2, -0.15) is 0 Å². The van der Waals surface area contributed by atoms with Crippen LogP contribution >= 0.6 is 0 Å². The molecule has 1 aliphatic heterocycles. The van der Waals surface area contributed by atoms with E-state index in [-0.39, 0.29) is 11.9 Å². The molecule has 4 rings (SSSR count). The first-order chi connectivity index (χ1) is 13.2. The van der Waals surface area contributed by atoms with E-state index in [4.69, 9.17) is 9.47 Å². The van der Waals surface area contributed by atoms with Gasteiger partial charge in [0.15, 0.2) is 0 Å². The number of imidazole rings is 1. The van der Waals surface area contributed by atoms with Crippen molar-refractivity contribution in [3.8, 4) is 11.5 Å².